The number of ether oxygens (including phenoxy) is 1. The average molecular weight is 332 g/mol. The Morgan fingerprint density at radius 2 is 1.56 bits per heavy atom. The molecule has 25 heavy (non-hydrogen) atoms. The van der Waals surface area contributed by atoms with Crippen LogP contribution in [0.3, 0.4) is 0 Å². The third kappa shape index (κ3) is 3.61. The number of carbonyl (C=O) groups is 1. The summed E-state index contributed by atoms with van der Waals surface area (Å²) in [6, 6.07) is 15.2. The van der Waals surface area contributed by atoms with Crippen molar-refractivity contribution in [1.82, 2.24) is 0 Å². The van der Waals surface area contributed by atoms with Crippen molar-refractivity contribution in [3.05, 3.63) is 70.8 Å². The predicted octanol–water partition coefficient (Wildman–Crippen LogP) is 5.20. The lowest BCUT2D eigenvalue weighted by atomic mass is 9.63. The van der Waals surface area contributed by atoms with Gasteiger partial charge in [0.15, 0.2) is 0 Å². The summed E-state index contributed by atoms with van der Waals surface area (Å²) in [6.45, 7) is 9.17. The minimum absolute atomic E-state index is 0.142. The van der Waals surface area contributed by atoms with Crippen LogP contribution in [-0.2, 0) is 15.6 Å². The summed E-state index contributed by atoms with van der Waals surface area (Å²) in [5.41, 5.74) is 4.47. The Hall–Kier alpha value is -2.53. The molecule has 128 valence electrons. The van der Waals surface area contributed by atoms with Gasteiger partial charge in [-0.25, -0.2) is 4.79 Å². The van der Waals surface area contributed by atoms with Gasteiger partial charge in [0.1, 0.15) is 6.11 Å². The first-order valence-electron chi connectivity index (χ1n) is 8.72. The lowest BCUT2D eigenvalue weighted by Crippen LogP contribution is -2.33. The van der Waals surface area contributed by atoms with Gasteiger partial charge in [-0.2, -0.15) is 0 Å². The third-order valence-corrected chi connectivity index (χ3v) is 5.20. The van der Waals surface area contributed by atoms with Gasteiger partial charge in [-0.1, -0.05) is 52.0 Å². The number of esters is 1. The van der Waals surface area contributed by atoms with Crippen LogP contribution in [0.5, 0.6) is 0 Å². The van der Waals surface area contributed by atoms with Gasteiger partial charge in [0.05, 0.1) is 5.56 Å². The van der Waals surface area contributed by atoms with Crippen LogP contribution in [0.25, 0.3) is 0 Å². The van der Waals surface area contributed by atoms with Crippen LogP contribution in [0.2, 0.25) is 0 Å². The first kappa shape index (κ1) is 17.3. The van der Waals surface area contributed by atoms with Crippen LogP contribution in [0.15, 0.2) is 48.5 Å². The molecule has 0 aromatic heterocycles. The van der Waals surface area contributed by atoms with Crippen molar-refractivity contribution in [3.8, 4) is 12.0 Å². The molecule has 0 saturated carbocycles. The van der Waals surface area contributed by atoms with Gasteiger partial charge < -0.3 is 4.74 Å². The quantitative estimate of drug-likeness (QED) is 0.530. The number of carbonyl (C=O) groups excluding carboxylic acids is 1. The summed E-state index contributed by atoms with van der Waals surface area (Å²) in [4.78, 5) is 11.9. The molecule has 0 heterocycles. The minimum Gasteiger partial charge on any atom is -0.368 e. The Kier molecular flexibility index (Phi) is 4.43. The van der Waals surface area contributed by atoms with Gasteiger partial charge in [-0.3, -0.25) is 0 Å². The average Bonchev–Trinajstić information content (AvgIpc) is 2.60. The Morgan fingerprint density at radius 3 is 2.24 bits per heavy atom. The molecular formula is C23H24O2. The predicted molar refractivity (Wildman–Crippen MR) is 100 cm³/mol. The van der Waals surface area contributed by atoms with E-state index in [2.05, 4.69) is 51.9 Å². The van der Waals surface area contributed by atoms with Gasteiger partial charge in [0, 0.05) is 5.56 Å². The largest absolute Gasteiger partial charge is 0.368 e. The highest BCUT2D eigenvalue weighted by molar-refractivity contribution is 5.90. The number of hydrogen-bond acceptors (Lipinski definition) is 2. The van der Waals surface area contributed by atoms with E-state index in [1.165, 1.54) is 17.5 Å². The number of fused-ring (bicyclic) bond motifs is 1. The van der Waals surface area contributed by atoms with Gasteiger partial charge in [-0.05, 0) is 65.0 Å². The maximum absolute atomic E-state index is 11.9. The highest BCUT2D eigenvalue weighted by Gasteiger charge is 2.36. The second kappa shape index (κ2) is 6.41. The van der Waals surface area contributed by atoms with Crippen LogP contribution in [0.1, 0.15) is 67.6 Å². The molecule has 2 nitrogen and oxygen atoms in total. The zero-order chi connectivity index (χ0) is 18.1. The van der Waals surface area contributed by atoms with Crippen LogP contribution >= 0.6 is 0 Å². The van der Waals surface area contributed by atoms with E-state index in [1.807, 2.05) is 12.1 Å². The van der Waals surface area contributed by atoms with Crippen LogP contribution in [-0.4, -0.2) is 5.97 Å². The van der Waals surface area contributed by atoms with Crippen LogP contribution < -0.4 is 0 Å². The molecule has 0 atom stereocenters. The molecule has 0 spiro atoms. The second-order valence-corrected chi connectivity index (χ2v) is 8.01. The van der Waals surface area contributed by atoms with Crippen molar-refractivity contribution in [3.63, 3.8) is 0 Å². The van der Waals surface area contributed by atoms with Crippen LogP contribution in [0, 0.1) is 12.0 Å². The maximum atomic E-state index is 11.9. The smallest absolute Gasteiger partial charge is 0.352 e. The zero-order valence-electron chi connectivity index (χ0n) is 15.3. The molecule has 1 aliphatic rings. The monoisotopic (exact) mass is 332 g/mol. The van der Waals surface area contributed by atoms with E-state index in [-0.39, 0.29) is 10.8 Å². The van der Waals surface area contributed by atoms with E-state index < -0.39 is 5.97 Å². The van der Waals surface area contributed by atoms with Gasteiger partial charge >= 0.3 is 5.97 Å². The van der Waals surface area contributed by atoms with Crippen LogP contribution in [0.4, 0.5) is 0 Å². The summed E-state index contributed by atoms with van der Waals surface area (Å²) >= 11 is 0. The van der Waals surface area contributed by atoms with Gasteiger partial charge in [0.2, 0.25) is 0 Å². The molecule has 0 bridgehead atoms. The van der Waals surface area contributed by atoms with Crippen molar-refractivity contribution < 1.29 is 9.53 Å². The molecule has 0 saturated heterocycles. The molecule has 2 aromatic rings. The fourth-order valence-electron chi connectivity index (χ4n) is 3.43. The third-order valence-electron chi connectivity index (χ3n) is 5.20. The molecule has 2 heteroatoms. The zero-order valence-corrected chi connectivity index (χ0v) is 15.3. The van der Waals surface area contributed by atoms with E-state index in [0.717, 1.165) is 12.0 Å². The van der Waals surface area contributed by atoms with Gasteiger partial charge in [-0.15, -0.1) is 0 Å². The Morgan fingerprint density at radius 1 is 0.920 bits per heavy atom. The molecule has 2 aromatic carbocycles. The number of hydrogen-bond donors (Lipinski definition) is 0. The molecule has 1 aliphatic carbocycles. The summed E-state index contributed by atoms with van der Waals surface area (Å²) in [6.07, 6.45) is 4.90. The summed E-state index contributed by atoms with van der Waals surface area (Å²) < 4.78 is 5.07. The number of rotatable bonds is 1. The maximum Gasteiger partial charge on any atom is 0.352 e. The van der Waals surface area contributed by atoms with E-state index in [1.54, 1.807) is 24.3 Å². The molecule has 0 N–H and O–H groups in total. The lowest BCUT2D eigenvalue weighted by molar-refractivity contribution is 0.0690. The van der Waals surface area contributed by atoms with Crippen molar-refractivity contribution in [1.29, 1.82) is 0 Å². The second-order valence-electron chi connectivity index (χ2n) is 8.01. The molecule has 0 amide bonds. The fourth-order valence-corrected chi connectivity index (χ4v) is 3.43. The highest BCUT2D eigenvalue weighted by Crippen LogP contribution is 2.45. The first-order chi connectivity index (χ1) is 11.8. The number of benzene rings is 2. The highest BCUT2D eigenvalue weighted by atomic mass is 16.5. The Labute approximate surface area is 150 Å². The molecule has 0 radical (unpaired) electrons. The molecule has 0 fully saturated rings. The standard InChI is InChI=1S/C23H24O2/c1-22(2)13-14-23(3,4)20-16-17(10-11-19(20)22)12-15-25-21(24)18-8-6-5-7-9-18/h5-11,16H,13-14H2,1-4H3. The van der Waals surface area contributed by atoms with E-state index in [9.17, 15) is 4.79 Å². The first-order valence-corrected chi connectivity index (χ1v) is 8.72. The van der Waals surface area contributed by atoms with Crippen molar-refractivity contribution in [2.45, 2.75) is 51.4 Å². The lowest BCUT2D eigenvalue weighted by Gasteiger charge is -2.41. The van der Waals surface area contributed by atoms with Crippen molar-refractivity contribution in [2.75, 3.05) is 0 Å². The summed E-state index contributed by atoms with van der Waals surface area (Å²) in [5, 5.41) is 0. The van der Waals surface area contributed by atoms with Crippen molar-refractivity contribution >= 4 is 5.97 Å². The van der Waals surface area contributed by atoms with Gasteiger partial charge in [0.25, 0.3) is 0 Å². The molecular weight excluding hydrogens is 308 g/mol. The normalized spacial score (nSPS) is 17.0. The topological polar surface area (TPSA) is 26.3 Å². The minimum atomic E-state index is -0.424. The summed E-state index contributed by atoms with van der Waals surface area (Å²) in [7, 11) is 0. The van der Waals surface area contributed by atoms with E-state index >= 15 is 0 Å². The Balaban J connectivity index is 1.83. The molecule has 0 aliphatic heterocycles. The Bertz CT molecular complexity index is 849. The molecule has 0 unspecified atom stereocenters. The van der Waals surface area contributed by atoms with E-state index in [0.29, 0.717) is 5.56 Å². The fraction of sp³-hybridized carbons (Fsp3) is 0.348. The SMILES string of the molecule is CC1(C)CCC(C)(C)c2cc(C#COC(=O)c3ccccc3)ccc21. The summed E-state index contributed by atoms with van der Waals surface area (Å²) in [5.74, 6) is 2.54. The van der Waals surface area contributed by atoms with E-state index in [4.69, 9.17) is 4.74 Å². The van der Waals surface area contributed by atoms with Crippen molar-refractivity contribution in [2.24, 2.45) is 0 Å². The molecule has 3 rings (SSSR count).